The third kappa shape index (κ3) is 3.42. The van der Waals surface area contributed by atoms with Crippen LogP contribution in [0, 0.1) is 6.92 Å². The lowest BCUT2D eigenvalue weighted by Crippen LogP contribution is -2.53. The van der Waals surface area contributed by atoms with E-state index in [0.29, 0.717) is 23.9 Å². The third-order valence-corrected chi connectivity index (χ3v) is 5.94. The van der Waals surface area contributed by atoms with E-state index in [2.05, 4.69) is 0 Å². The number of ether oxygens (including phenoxy) is 1. The molecule has 1 unspecified atom stereocenters. The zero-order valence-electron chi connectivity index (χ0n) is 12.9. The molecule has 0 spiro atoms. The first-order valence-electron chi connectivity index (χ1n) is 7.00. The molecule has 1 saturated heterocycles. The molecule has 1 aliphatic rings. The summed E-state index contributed by atoms with van der Waals surface area (Å²) in [6.45, 7) is 8.24. The largest absolute Gasteiger partial charge is 0.370 e. The summed E-state index contributed by atoms with van der Waals surface area (Å²) in [6.07, 6.45) is -0.125. The first-order chi connectivity index (χ1) is 9.67. The van der Waals surface area contributed by atoms with Crippen LogP contribution < -0.4 is 0 Å². The van der Waals surface area contributed by atoms with Gasteiger partial charge in [-0.25, -0.2) is 8.42 Å². The second-order valence-corrected chi connectivity index (χ2v) is 8.33. The van der Waals surface area contributed by atoms with Crippen molar-refractivity contribution in [2.24, 2.45) is 0 Å². The minimum absolute atomic E-state index is 0.125. The van der Waals surface area contributed by atoms with E-state index in [1.807, 2.05) is 26.8 Å². The topological polar surface area (TPSA) is 46.6 Å². The van der Waals surface area contributed by atoms with Gasteiger partial charge < -0.3 is 4.74 Å². The van der Waals surface area contributed by atoms with Gasteiger partial charge in [-0.3, -0.25) is 0 Å². The highest BCUT2D eigenvalue weighted by atomic mass is 35.5. The number of hydrogen-bond donors (Lipinski definition) is 0. The SMILES string of the molecule is Cc1c(CCl)cccc1S(=O)(=O)N1CC(C)OC(C)(C)C1. The summed E-state index contributed by atoms with van der Waals surface area (Å²) in [4.78, 5) is 0.338. The molecule has 4 nitrogen and oxygen atoms in total. The third-order valence-electron chi connectivity index (χ3n) is 3.70. The molecule has 1 aromatic rings. The van der Waals surface area contributed by atoms with Gasteiger partial charge >= 0.3 is 0 Å². The number of rotatable bonds is 3. The molecule has 0 amide bonds. The van der Waals surface area contributed by atoms with Gasteiger partial charge in [0.05, 0.1) is 16.6 Å². The van der Waals surface area contributed by atoms with Crippen molar-refractivity contribution >= 4 is 21.6 Å². The molecule has 0 saturated carbocycles. The number of halogens is 1. The number of nitrogens with zero attached hydrogens (tertiary/aromatic N) is 1. The average Bonchev–Trinajstić information content (AvgIpc) is 2.36. The van der Waals surface area contributed by atoms with Crippen LogP contribution in [0.1, 0.15) is 31.9 Å². The van der Waals surface area contributed by atoms with Crippen molar-refractivity contribution in [3.63, 3.8) is 0 Å². The molecule has 1 heterocycles. The van der Waals surface area contributed by atoms with Crippen LogP contribution in [0.5, 0.6) is 0 Å². The van der Waals surface area contributed by atoms with Crippen molar-refractivity contribution in [1.29, 1.82) is 0 Å². The van der Waals surface area contributed by atoms with Crippen molar-refractivity contribution in [3.05, 3.63) is 29.3 Å². The molecule has 1 atom stereocenters. The van der Waals surface area contributed by atoms with E-state index < -0.39 is 15.6 Å². The maximum Gasteiger partial charge on any atom is 0.243 e. The molecule has 21 heavy (non-hydrogen) atoms. The van der Waals surface area contributed by atoms with Gasteiger partial charge in [-0.1, -0.05) is 12.1 Å². The van der Waals surface area contributed by atoms with E-state index in [4.69, 9.17) is 16.3 Å². The fourth-order valence-corrected chi connectivity index (χ4v) is 5.02. The van der Waals surface area contributed by atoms with E-state index in [1.54, 1.807) is 19.1 Å². The molecule has 1 aromatic carbocycles. The smallest absolute Gasteiger partial charge is 0.243 e. The summed E-state index contributed by atoms with van der Waals surface area (Å²) in [6, 6.07) is 5.24. The summed E-state index contributed by atoms with van der Waals surface area (Å²) in [7, 11) is -3.53. The van der Waals surface area contributed by atoms with E-state index >= 15 is 0 Å². The first kappa shape index (κ1) is 16.7. The molecule has 0 bridgehead atoms. The number of sulfonamides is 1. The second kappa shape index (κ2) is 5.88. The lowest BCUT2D eigenvalue weighted by atomic mass is 10.1. The van der Waals surface area contributed by atoms with Crippen LogP contribution in [0.2, 0.25) is 0 Å². The van der Waals surface area contributed by atoms with Crippen LogP contribution in [0.15, 0.2) is 23.1 Å². The van der Waals surface area contributed by atoms with Gasteiger partial charge in [0.1, 0.15) is 0 Å². The fourth-order valence-electron chi connectivity index (χ4n) is 2.80. The highest BCUT2D eigenvalue weighted by molar-refractivity contribution is 7.89. The Kier molecular flexibility index (Phi) is 4.69. The molecule has 0 aromatic heterocycles. The van der Waals surface area contributed by atoms with Gasteiger partial charge in [0.25, 0.3) is 0 Å². The van der Waals surface area contributed by atoms with Crippen LogP contribution in [-0.4, -0.2) is 37.5 Å². The summed E-state index contributed by atoms with van der Waals surface area (Å²) >= 11 is 5.88. The summed E-state index contributed by atoms with van der Waals surface area (Å²) in [5, 5.41) is 0. The molecule has 0 N–H and O–H groups in total. The van der Waals surface area contributed by atoms with Crippen molar-refractivity contribution in [2.75, 3.05) is 13.1 Å². The average molecular weight is 332 g/mol. The Morgan fingerprint density at radius 3 is 2.67 bits per heavy atom. The Morgan fingerprint density at radius 1 is 1.43 bits per heavy atom. The van der Waals surface area contributed by atoms with Gasteiger partial charge in [0, 0.05) is 19.0 Å². The normalized spacial score (nSPS) is 23.2. The minimum atomic E-state index is -3.53. The number of morpholine rings is 1. The van der Waals surface area contributed by atoms with Gasteiger partial charge in [-0.05, 0) is 44.9 Å². The number of benzene rings is 1. The van der Waals surface area contributed by atoms with Crippen molar-refractivity contribution in [1.82, 2.24) is 4.31 Å². The molecule has 1 fully saturated rings. The van der Waals surface area contributed by atoms with E-state index in [9.17, 15) is 8.42 Å². The van der Waals surface area contributed by atoms with E-state index in [0.717, 1.165) is 11.1 Å². The van der Waals surface area contributed by atoms with Crippen LogP contribution in [0.3, 0.4) is 0 Å². The van der Waals surface area contributed by atoms with Gasteiger partial charge in [0.15, 0.2) is 0 Å². The van der Waals surface area contributed by atoms with Crippen LogP contribution >= 0.6 is 11.6 Å². The molecular formula is C15H22ClNO3S. The summed E-state index contributed by atoms with van der Waals surface area (Å²) in [5.74, 6) is 0.306. The zero-order valence-corrected chi connectivity index (χ0v) is 14.5. The Hall–Kier alpha value is -0.620. The second-order valence-electron chi connectivity index (χ2n) is 6.16. The van der Waals surface area contributed by atoms with Crippen LogP contribution in [0.25, 0.3) is 0 Å². The lowest BCUT2D eigenvalue weighted by molar-refractivity contribution is -0.109. The Bertz CT molecular complexity index is 628. The molecule has 1 aliphatic heterocycles. The fraction of sp³-hybridized carbons (Fsp3) is 0.600. The minimum Gasteiger partial charge on any atom is -0.370 e. The number of alkyl halides is 1. The molecule has 118 valence electrons. The Balaban J connectivity index is 2.43. The van der Waals surface area contributed by atoms with Gasteiger partial charge in [-0.15, -0.1) is 11.6 Å². The summed E-state index contributed by atoms with van der Waals surface area (Å²) < 4.78 is 33.2. The van der Waals surface area contributed by atoms with Crippen molar-refractivity contribution in [2.45, 2.75) is 50.2 Å². The van der Waals surface area contributed by atoms with Crippen LogP contribution in [-0.2, 0) is 20.6 Å². The van der Waals surface area contributed by atoms with Crippen LogP contribution in [0.4, 0.5) is 0 Å². The molecule has 0 aliphatic carbocycles. The predicted octanol–water partition coefficient (Wildman–Crippen LogP) is 2.92. The first-order valence-corrected chi connectivity index (χ1v) is 8.97. The van der Waals surface area contributed by atoms with Crippen molar-refractivity contribution in [3.8, 4) is 0 Å². The molecule has 6 heteroatoms. The van der Waals surface area contributed by atoms with Crippen molar-refractivity contribution < 1.29 is 13.2 Å². The van der Waals surface area contributed by atoms with E-state index in [-0.39, 0.29) is 6.10 Å². The molecule has 0 radical (unpaired) electrons. The maximum absolute atomic E-state index is 12.9. The molecule has 2 rings (SSSR count). The Morgan fingerprint density at radius 2 is 2.10 bits per heavy atom. The molecular weight excluding hydrogens is 310 g/mol. The summed E-state index contributed by atoms with van der Waals surface area (Å²) in [5.41, 5.74) is 1.09. The lowest BCUT2D eigenvalue weighted by Gasteiger charge is -2.41. The Labute approximate surface area is 132 Å². The van der Waals surface area contributed by atoms with E-state index in [1.165, 1.54) is 4.31 Å². The monoisotopic (exact) mass is 331 g/mol. The highest BCUT2D eigenvalue weighted by Gasteiger charge is 2.38. The maximum atomic E-state index is 12.9. The van der Waals surface area contributed by atoms with Gasteiger partial charge in [0.2, 0.25) is 10.0 Å². The highest BCUT2D eigenvalue weighted by Crippen LogP contribution is 2.29. The predicted molar refractivity (Wildman–Crippen MR) is 84.1 cm³/mol. The standard InChI is InChI=1S/C15H22ClNO3S/c1-11-9-17(10-15(3,4)20-11)21(18,19)14-7-5-6-13(8-16)12(14)2/h5-7,11H,8-10H2,1-4H3. The quantitative estimate of drug-likeness (QED) is 0.800. The number of hydrogen-bond acceptors (Lipinski definition) is 3. The zero-order chi connectivity index (χ0) is 15.8. The van der Waals surface area contributed by atoms with Gasteiger partial charge in [-0.2, -0.15) is 4.31 Å².